The Morgan fingerprint density at radius 3 is 2.88 bits per heavy atom. The minimum absolute atomic E-state index is 0.0596. The molecule has 3 atom stereocenters. The fraction of sp³-hybridized carbons (Fsp3) is 0.538. The van der Waals surface area contributed by atoms with Gasteiger partial charge in [-0.05, 0) is 31.4 Å². The van der Waals surface area contributed by atoms with E-state index in [2.05, 4.69) is 5.43 Å². The lowest BCUT2D eigenvalue weighted by molar-refractivity contribution is 0.0953. The molecule has 3 N–H and O–H groups in total. The number of nitrogens with two attached hydrogens (primary N) is 1. The van der Waals surface area contributed by atoms with Gasteiger partial charge in [0.15, 0.2) is 0 Å². The summed E-state index contributed by atoms with van der Waals surface area (Å²) in [5.74, 6) is 5.76. The number of rotatable bonds is 4. The van der Waals surface area contributed by atoms with Crippen LogP contribution in [0.1, 0.15) is 18.9 Å². The number of ether oxygens (including phenoxy) is 1. The summed E-state index contributed by atoms with van der Waals surface area (Å²) in [6, 6.07) is 6.90. The smallest absolute Gasteiger partial charge is 0.126 e. The second-order valence-corrected chi connectivity index (χ2v) is 4.60. The van der Waals surface area contributed by atoms with E-state index in [-0.39, 0.29) is 18.0 Å². The molecule has 0 radical (unpaired) electrons. The van der Waals surface area contributed by atoms with Crippen LogP contribution in [0.4, 0.5) is 4.39 Å². The van der Waals surface area contributed by atoms with Gasteiger partial charge in [-0.15, -0.1) is 0 Å². The molecule has 0 aromatic heterocycles. The molecule has 0 amide bonds. The number of hydrogen-bond donors (Lipinski definition) is 2. The maximum absolute atomic E-state index is 13.6. The van der Waals surface area contributed by atoms with Gasteiger partial charge in [-0.3, -0.25) is 11.3 Å². The minimum atomic E-state index is -0.167. The molecule has 3 unspecified atom stereocenters. The van der Waals surface area contributed by atoms with Gasteiger partial charge in [-0.2, -0.15) is 0 Å². The Hall–Kier alpha value is -0.970. The molecule has 0 spiro atoms. The molecule has 1 heterocycles. The van der Waals surface area contributed by atoms with Crippen LogP contribution in [0.3, 0.4) is 0 Å². The lowest BCUT2D eigenvalue weighted by atomic mass is 9.89. The zero-order valence-electron chi connectivity index (χ0n) is 10.0. The average Bonchev–Trinajstić information content (AvgIpc) is 2.75. The van der Waals surface area contributed by atoms with Gasteiger partial charge >= 0.3 is 0 Å². The normalized spacial score (nSPS) is 26.1. The predicted molar refractivity (Wildman–Crippen MR) is 64.7 cm³/mol. The summed E-state index contributed by atoms with van der Waals surface area (Å²) in [7, 11) is 0. The highest BCUT2D eigenvalue weighted by atomic mass is 19.1. The van der Waals surface area contributed by atoms with Crippen molar-refractivity contribution >= 4 is 0 Å². The summed E-state index contributed by atoms with van der Waals surface area (Å²) in [6.45, 7) is 2.81. The molecule has 0 aliphatic carbocycles. The Morgan fingerprint density at radius 2 is 2.29 bits per heavy atom. The summed E-state index contributed by atoms with van der Waals surface area (Å²) >= 11 is 0. The zero-order chi connectivity index (χ0) is 12.3. The highest BCUT2D eigenvalue weighted by molar-refractivity contribution is 5.18. The van der Waals surface area contributed by atoms with Crippen molar-refractivity contribution in [1.29, 1.82) is 0 Å². The van der Waals surface area contributed by atoms with Gasteiger partial charge in [-0.1, -0.05) is 18.2 Å². The lowest BCUT2D eigenvalue weighted by Gasteiger charge is -2.25. The Balaban J connectivity index is 2.07. The Labute approximate surface area is 101 Å². The summed E-state index contributed by atoms with van der Waals surface area (Å²) in [5, 5.41) is 0. The number of hydrogen-bond acceptors (Lipinski definition) is 3. The topological polar surface area (TPSA) is 47.3 Å². The van der Waals surface area contributed by atoms with Gasteiger partial charge in [0, 0.05) is 18.6 Å². The van der Waals surface area contributed by atoms with Crippen LogP contribution in [-0.4, -0.2) is 18.8 Å². The Bertz CT molecular complexity index is 372. The second-order valence-electron chi connectivity index (χ2n) is 4.60. The Kier molecular flexibility index (Phi) is 4.10. The molecular weight excluding hydrogens is 219 g/mol. The molecule has 4 heteroatoms. The fourth-order valence-corrected chi connectivity index (χ4v) is 2.51. The number of nitrogens with one attached hydrogen (secondary N) is 1. The molecule has 1 saturated heterocycles. The van der Waals surface area contributed by atoms with E-state index in [9.17, 15) is 4.39 Å². The molecule has 0 bridgehead atoms. The third-order valence-corrected chi connectivity index (χ3v) is 3.56. The van der Waals surface area contributed by atoms with Crippen LogP contribution in [0.2, 0.25) is 0 Å². The molecule has 2 rings (SSSR count). The zero-order valence-corrected chi connectivity index (χ0v) is 10.0. The molecule has 17 heavy (non-hydrogen) atoms. The van der Waals surface area contributed by atoms with Crippen LogP contribution < -0.4 is 11.3 Å². The van der Waals surface area contributed by atoms with Crippen molar-refractivity contribution in [2.45, 2.75) is 31.9 Å². The van der Waals surface area contributed by atoms with Gasteiger partial charge in [-0.25, -0.2) is 4.39 Å². The van der Waals surface area contributed by atoms with Crippen molar-refractivity contribution < 1.29 is 9.13 Å². The van der Waals surface area contributed by atoms with Crippen molar-refractivity contribution in [3.63, 3.8) is 0 Å². The van der Waals surface area contributed by atoms with Crippen LogP contribution in [0.25, 0.3) is 0 Å². The molecule has 1 aliphatic heterocycles. The van der Waals surface area contributed by atoms with E-state index < -0.39 is 0 Å². The third-order valence-electron chi connectivity index (χ3n) is 3.56. The van der Waals surface area contributed by atoms with Crippen molar-refractivity contribution in [3.8, 4) is 0 Å². The van der Waals surface area contributed by atoms with E-state index in [4.69, 9.17) is 10.6 Å². The first-order valence-electron chi connectivity index (χ1n) is 6.03. The van der Waals surface area contributed by atoms with Crippen molar-refractivity contribution in [2.75, 3.05) is 6.61 Å². The maximum Gasteiger partial charge on any atom is 0.126 e. The van der Waals surface area contributed by atoms with Crippen molar-refractivity contribution in [1.82, 2.24) is 5.43 Å². The van der Waals surface area contributed by atoms with E-state index in [1.54, 1.807) is 12.1 Å². The van der Waals surface area contributed by atoms with Gasteiger partial charge < -0.3 is 4.74 Å². The highest BCUT2D eigenvalue weighted by Crippen LogP contribution is 2.26. The minimum Gasteiger partial charge on any atom is -0.378 e. The number of halogens is 1. The second kappa shape index (κ2) is 5.58. The highest BCUT2D eigenvalue weighted by Gasteiger charge is 2.31. The third kappa shape index (κ3) is 2.83. The first-order valence-corrected chi connectivity index (χ1v) is 6.03. The maximum atomic E-state index is 13.6. The molecule has 1 aromatic rings. The van der Waals surface area contributed by atoms with E-state index >= 15 is 0 Å². The monoisotopic (exact) mass is 238 g/mol. The number of benzene rings is 1. The largest absolute Gasteiger partial charge is 0.378 e. The van der Waals surface area contributed by atoms with Gasteiger partial charge in [0.05, 0.1) is 6.10 Å². The SMILES string of the molecule is CC1OCCC1C(Cc1ccccc1F)NN. The van der Waals surface area contributed by atoms with Crippen molar-refractivity contribution in [3.05, 3.63) is 35.6 Å². The quantitative estimate of drug-likeness (QED) is 0.619. The van der Waals surface area contributed by atoms with E-state index in [0.29, 0.717) is 17.9 Å². The molecular formula is C13H19FN2O. The van der Waals surface area contributed by atoms with Gasteiger partial charge in [0.25, 0.3) is 0 Å². The molecule has 0 saturated carbocycles. The van der Waals surface area contributed by atoms with Gasteiger partial charge in [0.2, 0.25) is 0 Å². The predicted octanol–water partition coefficient (Wildman–Crippen LogP) is 1.63. The molecule has 3 nitrogen and oxygen atoms in total. The van der Waals surface area contributed by atoms with Crippen LogP contribution >= 0.6 is 0 Å². The average molecular weight is 238 g/mol. The molecule has 1 fully saturated rings. The molecule has 1 aromatic carbocycles. The van der Waals surface area contributed by atoms with Crippen LogP contribution in [0.5, 0.6) is 0 Å². The van der Waals surface area contributed by atoms with E-state index in [0.717, 1.165) is 13.0 Å². The van der Waals surface area contributed by atoms with Crippen LogP contribution in [-0.2, 0) is 11.2 Å². The summed E-state index contributed by atoms with van der Waals surface area (Å²) < 4.78 is 19.1. The lowest BCUT2D eigenvalue weighted by Crippen LogP contribution is -2.44. The number of hydrazine groups is 1. The van der Waals surface area contributed by atoms with Crippen molar-refractivity contribution in [2.24, 2.45) is 11.8 Å². The summed E-state index contributed by atoms with van der Waals surface area (Å²) in [4.78, 5) is 0. The first-order chi connectivity index (χ1) is 8.22. The van der Waals surface area contributed by atoms with Crippen LogP contribution in [0, 0.1) is 11.7 Å². The van der Waals surface area contributed by atoms with Gasteiger partial charge in [0.1, 0.15) is 5.82 Å². The standard InChI is InChI=1S/C13H19FN2O/c1-9-11(6-7-17-9)13(16-15)8-10-4-2-3-5-12(10)14/h2-5,9,11,13,16H,6-8,15H2,1H3. The summed E-state index contributed by atoms with van der Waals surface area (Å²) in [6.07, 6.45) is 1.76. The Morgan fingerprint density at radius 1 is 1.53 bits per heavy atom. The fourth-order valence-electron chi connectivity index (χ4n) is 2.51. The molecule has 1 aliphatic rings. The van der Waals surface area contributed by atoms with E-state index in [1.807, 2.05) is 13.0 Å². The van der Waals surface area contributed by atoms with Crippen LogP contribution in [0.15, 0.2) is 24.3 Å². The van der Waals surface area contributed by atoms with E-state index in [1.165, 1.54) is 6.07 Å². The summed E-state index contributed by atoms with van der Waals surface area (Å²) in [5.41, 5.74) is 3.51. The molecule has 94 valence electrons. The first kappa shape index (κ1) is 12.5.